The second-order valence-electron chi connectivity index (χ2n) is 24.0. The Balaban J connectivity index is 0.000000159. The van der Waals surface area contributed by atoms with Crippen LogP contribution in [0.4, 0.5) is 0 Å². The number of hydrogen-bond donors (Lipinski definition) is 0. The van der Waals surface area contributed by atoms with E-state index in [1.165, 1.54) is 0 Å². The van der Waals surface area contributed by atoms with Crippen LogP contribution in [-0.2, 0) is 0 Å². The Hall–Kier alpha value is -14.1. The predicted octanol–water partition coefficient (Wildman–Crippen LogP) is 21.1. The molecule has 12 heteroatoms. The van der Waals surface area contributed by atoms with Crippen molar-refractivity contribution in [2.75, 3.05) is 0 Å². The number of hydrogen-bond acceptors (Lipinski definition) is 12. The number of nitrogens with zero attached hydrogens (tertiary/aromatic N) is 12. The fourth-order valence-electron chi connectivity index (χ4n) is 12.1. The number of pyridine rings is 6. The molecule has 8 aromatic heterocycles. The molecule has 17 aromatic rings. The van der Waals surface area contributed by atoms with Gasteiger partial charge in [-0.3, -0.25) is 15.0 Å². The number of benzene rings is 9. The lowest BCUT2D eigenvalue weighted by atomic mass is 9.98. The van der Waals surface area contributed by atoms with E-state index in [0.29, 0.717) is 34.9 Å². The summed E-state index contributed by atoms with van der Waals surface area (Å²) in [5.41, 5.74) is 21.7. The van der Waals surface area contributed by atoms with E-state index in [4.69, 9.17) is 59.8 Å². The van der Waals surface area contributed by atoms with Crippen LogP contribution in [0.15, 0.2) is 364 Å². The average Bonchev–Trinajstić information content (AvgIpc) is 0.793. The molecule has 12 nitrogen and oxygen atoms in total. The van der Waals surface area contributed by atoms with Crippen LogP contribution < -0.4 is 0 Å². The van der Waals surface area contributed by atoms with E-state index >= 15 is 0 Å². The largest absolute Gasteiger partial charge is 0.254 e. The Labute approximate surface area is 590 Å². The van der Waals surface area contributed by atoms with Crippen molar-refractivity contribution in [3.63, 3.8) is 0 Å². The van der Waals surface area contributed by atoms with Gasteiger partial charge in [0.1, 0.15) is 0 Å². The van der Waals surface area contributed by atoms with E-state index < -0.39 is 0 Å². The first-order chi connectivity index (χ1) is 50.5. The van der Waals surface area contributed by atoms with Crippen LogP contribution >= 0.6 is 0 Å². The normalized spacial score (nSPS) is 10.9. The van der Waals surface area contributed by atoms with E-state index in [0.717, 1.165) is 135 Å². The third-order valence-corrected chi connectivity index (χ3v) is 17.2. The molecule has 0 saturated carbocycles. The number of aromatic nitrogens is 12. The maximum atomic E-state index is 5.21. The van der Waals surface area contributed by atoms with Gasteiger partial charge in [0.2, 0.25) is 0 Å². The van der Waals surface area contributed by atoms with Crippen molar-refractivity contribution in [1.82, 2.24) is 59.8 Å². The molecule has 0 aliphatic heterocycles. The van der Waals surface area contributed by atoms with Crippen LogP contribution in [0.1, 0.15) is 0 Å². The van der Waals surface area contributed by atoms with Crippen LogP contribution in [0, 0.1) is 0 Å². The zero-order valence-corrected chi connectivity index (χ0v) is 55.0. The zero-order valence-electron chi connectivity index (χ0n) is 55.0. The third kappa shape index (κ3) is 14.2. The lowest BCUT2D eigenvalue weighted by Crippen LogP contribution is -2.00. The van der Waals surface area contributed by atoms with Crippen molar-refractivity contribution >= 4 is 0 Å². The molecule has 0 bridgehead atoms. The molecule has 0 spiro atoms. The molecule has 0 radical (unpaired) electrons. The molecular weight excluding hydrogens is 1250 g/mol. The first-order valence-corrected chi connectivity index (χ1v) is 33.5. The first-order valence-electron chi connectivity index (χ1n) is 33.5. The van der Waals surface area contributed by atoms with E-state index in [-0.39, 0.29) is 0 Å². The molecule has 8 heterocycles. The molecule has 9 aromatic carbocycles. The predicted molar refractivity (Wildman–Crippen MR) is 408 cm³/mol. The maximum Gasteiger partial charge on any atom is 0.165 e. The highest BCUT2D eigenvalue weighted by molar-refractivity contribution is 5.84. The summed E-state index contributed by atoms with van der Waals surface area (Å²) >= 11 is 0. The first kappa shape index (κ1) is 62.7. The smallest absolute Gasteiger partial charge is 0.165 e. The lowest BCUT2D eigenvalue weighted by Gasteiger charge is -2.13. The second-order valence-corrected chi connectivity index (χ2v) is 24.0. The standard InChI is InChI=1S/C48H32N6.C42H28N6/c1-6-16-33(17-7-1)39-28-42(35-20-10-3-11-21-35)50-44(30-39)45-31-40(34-18-8-2-9-19-34)29-43(51-45)41-27-26-38(32-49-41)48-53-46(36-22-12-4-13-23-36)52-47(54-48)37-24-14-5-15-25-37;1-5-14-29(15-6-1)34-26-37(45-38(27-34)39-35(22-13-25-43-39)30-16-7-2-8-17-30)36-24-23-33(28-44-36)42-47-40(31-18-9-3-10-19-31)46-41(48-42)32-20-11-4-12-21-32/h1-32H;1-28H. The van der Waals surface area contributed by atoms with Gasteiger partial charge in [0, 0.05) is 63.1 Å². The van der Waals surface area contributed by atoms with Gasteiger partial charge >= 0.3 is 0 Å². The molecule has 102 heavy (non-hydrogen) atoms. The summed E-state index contributed by atoms with van der Waals surface area (Å²) in [4.78, 5) is 59.3. The Bertz CT molecular complexity index is 5520. The highest BCUT2D eigenvalue weighted by Gasteiger charge is 2.20. The minimum absolute atomic E-state index is 0.545. The van der Waals surface area contributed by atoms with Gasteiger partial charge in [-0.2, -0.15) is 0 Å². The molecule has 17 rings (SSSR count). The fraction of sp³-hybridized carbons (Fsp3) is 0. The topological polar surface area (TPSA) is 155 Å². The van der Waals surface area contributed by atoms with Gasteiger partial charge in [-0.1, -0.05) is 279 Å². The van der Waals surface area contributed by atoms with Gasteiger partial charge in [0.25, 0.3) is 0 Å². The van der Waals surface area contributed by atoms with Crippen molar-refractivity contribution in [3.8, 4) is 170 Å². The van der Waals surface area contributed by atoms with Crippen molar-refractivity contribution in [3.05, 3.63) is 364 Å². The molecule has 0 amide bonds. The second kappa shape index (κ2) is 29.3. The van der Waals surface area contributed by atoms with Crippen LogP contribution in [0.2, 0.25) is 0 Å². The summed E-state index contributed by atoms with van der Waals surface area (Å²) in [6.07, 6.45) is 5.43. The number of rotatable bonds is 15. The fourth-order valence-corrected chi connectivity index (χ4v) is 12.1. The SMILES string of the molecule is c1ccc(-c2cc(-c3ccc(-c4nc(-c5ccccc5)nc(-c5ccccc5)n4)cn3)nc(-c3ncccc3-c3ccccc3)c2)cc1.c1ccc(-c2cc(-c3ccccc3)nc(-c3cc(-c4ccccc4)cc(-c4ccc(-c5nc(-c6ccccc6)nc(-c6ccccc6)n5)cn4)n3)c2)cc1. The van der Waals surface area contributed by atoms with Crippen molar-refractivity contribution in [2.24, 2.45) is 0 Å². The van der Waals surface area contributed by atoms with Crippen molar-refractivity contribution in [2.45, 2.75) is 0 Å². The summed E-state index contributed by atoms with van der Waals surface area (Å²) in [7, 11) is 0. The molecule has 0 saturated heterocycles. The molecule has 0 aliphatic carbocycles. The quantitative estimate of drug-likeness (QED) is 0.0959. The van der Waals surface area contributed by atoms with E-state index in [1.54, 1.807) is 6.20 Å². The Morgan fingerprint density at radius 1 is 0.147 bits per heavy atom. The van der Waals surface area contributed by atoms with Crippen LogP contribution in [-0.4, -0.2) is 59.8 Å². The van der Waals surface area contributed by atoms with Crippen molar-refractivity contribution < 1.29 is 0 Å². The minimum atomic E-state index is 0.545. The van der Waals surface area contributed by atoms with Gasteiger partial charge in [-0.25, -0.2) is 44.9 Å². The van der Waals surface area contributed by atoms with Crippen molar-refractivity contribution in [1.29, 1.82) is 0 Å². The molecule has 0 fully saturated rings. The molecule has 0 N–H and O–H groups in total. The van der Waals surface area contributed by atoms with Gasteiger partial charge in [-0.15, -0.1) is 0 Å². The van der Waals surface area contributed by atoms with Crippen LogP contribution in [0.5, 0.6) is 0 Å². The Morgan fingerprint density at radius 2 is 0.412 bits per heavy atom. The van der Waals surface area contributed by atoms with Gasteiger partial charge in [0.15, 0.2) is 34.9 Å². The highest BCUT2D eigenvalue weighted by atomic mass is 15.0. The zero-order chi connectivity index (χ0) is 68.2. The Morgan fingerprint density at radius 3 is 0.745 bits per heavy atom. The Kier molecular flexibility index (Phi) is 18.0. The maximum absolute atomic E-state index is 5.21. The van der Waals surface area contributed by atoms with E-state index in [1.807, 2.05) is 243 Å². The minimum Gasteiger partial charge on any atom is -0.254 e. The van der Waals surface area contributed by atoms with Gasteiger partial charge in [0.05, 0.1) is 51.2 Å². The molecule has 0 aliphatic rings. The summed E-state index contributed by atoms with van der Waals surface area (Å²) < 4.78 is 0. The van der Waals surface area contributed by atoms with Gasteiger partial charge in [-0.05, 0) is 106 Å². The van der Waals surface area contributed by atoms with E-state index in [9.17, 15) is 0 Å². The molecule has 0 unspecified atom stereocenters. The molecular formula is C90H60N12. The van der Waals surface area contributed by atoms with Crippen LogP contribution in [0.25, 0.3) is 170 Å². The summed E-state index contributed by atoms with van der Waals surface area (Å²) in [6, 6.07) is 116. The molecule has 480 valence electrons. The van der Waals surface area contributed by atoms with Crippen LogP contribution in [0.3, 0.4) is 0 Å². The summed E-state index contributed by atoms with van der Waals surface area (Å²) in [5, 5.41) is 0. The monoisotopic (exact) mass is 1310 g/mol. The summed E-state index contributed by atoms with van der Waals surface area (Å²) in [6.45, 7) is 0. The highest BCUT2D eigenvalue weighted by Crippen LogP contribution is 2.38. The van der Waals surface area contributed by atoms with Gasteiger partial charge < -0.3 is 0 Å². The average molecular weight is 1310 g/mol. The molecule has 0 atom stereocenters. The van der Waals surface area contributed by atoms with E-state index in [2.05, 4.69) is 115 Å². The third-order valence-electron chi connectivity index (χ3n) is 17.2. The lowest BCUT2D eigenvalue weighted by molar-refractivity contribution is 1.07. The summed E-state index contributed by atoms with van der Waals surface area (Å²) in [5.74, 6) is 3.51.